The fourth-order valence-electron chi connectivity index (χ4n) is 2.50. The quantitative estimate of drug-likeness (QED) is 0.724. The Labute approximate surface area is 123 Å². The summed E-state index contributed by atoms with van der Waals surface area (Å²) < 4.78 is 5.59. The minimum Gasteiger partial charge on any atom is -0.378 e. The van der Waals surface area contributed by atoms with E-state index in [9.17, 15) is 0 Å². The first kappa shape index (κ1) is 14.1. The van der Waals surface area contributed by atoms with Crippen molar-refractivity contribution in [2.24, 2.45) is 0 Å². The van der Waals surface area contributed by atoms with Gasteiger partial charge in [0.1, 0.15) is 5.52 Å². The van der Waals surface area contributed by atoms with Crippen LogP contribution in [0, 0.1) is 0 Å². The van der Waals surface area contributed by atoms with Crippen molar-refractivity contribution in [1.29, 1.82) is 0 Å². The van der Waals surface area contributed by atoms with E-state index in [4.69, 9.17) is 4.74 Å². The Bertz CT molecular complexity index is 592. The van der Waals surface area contributed by atoms with Crippen LogP contribution < -0.4 is 10.6 Å². The number of hydrogen-bond donors (Lipinski definition) is 3. The summed E-state index contributed by atoms with van der Waals surface area (Å²) in [5.74, 6) is 1.44. The normalized spacial score (nSPS) is 21.2. The fourth-order valence-corrected chi connectivity index (χ4v) is 2.50. The number of nitrogens with zero attached hydrogens (tertiary/aromatic N) is 3. The maximum Gasteiger partial charge on any atom is 0.226 e. The summed E-state index contributed by atoms with van der Waals surface area (Å²) in [5.41, 5.74) is 1.55. The molecule has 2 aromatic heterocycles. The summed E-state index contributed by atoms with van der Waals surface area (Å²) >= 11 is 0. The van der Waals surface area contributed by atoms with Gasteiger partial charge in [0, 0.05) is 19.2 Å². The topological polar surface area (TPSA) is 87.8 Å². The minimum absolute atomic E-state index is 0.379. The molecule has 0 spiro atoms. The van der Waals surface area contributed by atoms with E-state index in [0.717, 1.165) is 43.7 Å². The lowest BCUT2D eigenvalue weighted by atomic mass is 9.89. The number of ether oxygens (including phenoxy) is 1. The van der Waals surface area contributed by atoms with Gasteiger partial charge in [0.2, 0.25) is 5.95 Å². The number of fused-ring (bicyclic) bond motifs is 1. The molecule has 0 aromatic carbocycles. The molecule has 1 fully saturated rings. The smallest absolute Gasteiger partial charge is 0.226 e. The van der Waals surface area contributed by atoms with E-state index in [1.54, 1.807) is 6.33 Å². The Morgan fingerprint density at radius 1 is 1.33 bits per heavy atom. The van der Waals surface area contributed by atoms with Gasteiger partial charge in [-0.1, -0.05) is 6.92 Å². The van der Waals surface area contributed by atoms with E-state index in [2.05, 4.69) is 37.5 Å². The van der Waals surface area contributed by atoms with Crippen LogP contribution in [0.4, 0.5) is 11.8 Å². The van der Waals surface area contributed by atoms with Gasteiger partial charge in [-0.15, -0.1) is 0 Å². The monoisotopic (exact) mass is 290 g/mol. The van der Waals surface area contributed by atoms with E-state index in [-0.39, 0.29) is 0 Å². The first-order chi connectivity index (χ1) is 10.3. The van der Waals surface area contributed by atoms with E-state index >= 15 is 0 Å². The minimum atomic E-state index is 0.379. The van der Waals surface area contributed by atoms with Gasteiger partial charge in [-0.3, -0.25) is 0 Å². The van der Waals surface area contributed by atoms with Crippen LogP contribution in [-0.4, -0.2) is 45.2 Å². The molecular weight excluding hydrogens is 268 g/mol. The maximum atomic E-state index is 5.59. The number of rotatable bonds is 7. The molecule has 3 rings (SSSR count). The second kappa shape index (κ2) is 6.26. The summed E-state index contributed by atoms with van der Waals surface area (Å²) in [4.78, 5) is 16.3. The molecule has 114 valence electrons. The maximum absolute atomic E-state index is 5.59. The lowest BCUT2D eigenvalue weighted by molar-refractivity contribution is 0.00295. The number of hydrogen-bond acceptors (Lipinski definition) is 6. The molecule has 0 radical (unpaired) electrons. The summed E-state index contributed by atoms with van der Waals surface area (Å²) in [5, 5.41) is 6.68. The highest BCUT2D eigenvalue weighted by Crippen LogP contribution is 2.28. The largest absolute Gasteiger partial charge is 0.378 e. The van der Waals surface area contributed by atoms with Crippen LogP contribution in [0.3, 0.4) is 0 Å². The third kappa shape index (κ3) is 3.07. The van der Waals surface area contributed by atoms with Gasteiger partial charge in [-0.05, 0) is 26.2 Å². The Balaban J connectivity index is 1.72. The van der Waals surface area contributed by atoms with Crippen LogP contribution in [0.2, 0.25) is 0 Å². The average Bonchev–Trinajstić information content (AvgIpc) is 2.91. The molecule has 0 amide bonds. The Hall–Kier alpha value is -1.89. The van der Waals surface area contributed by atoms with Gasteiger partial charge in [0.05, 0.1) is 12.4 Å². The molecule has 0 atom stereocenters. The number of H-pyrrole nitrogens is 1. The molecule has 3 N–H and O–H groups in total. The van der Waals surface area contributed by atoms with Crippen LogP contribution in [-0.2, 0) is 4.74 Å². The van der Waals surface area contributed by atoms with E-state index in [1.807, 2.05) is 6.92 Å². The molecule has 7 heteroatoms. The first-order valence-corrected chi connectivity index (χ1v) is 7.63. The van der Waals surface area contributed by atoms with Crippen molar-refractivity contribution in [3.05, 3.63) is 6.33 Å². The average molecular weight is 290 g/mol. The van der Waals surface area contributed by atoms with Crippen LogP contribution in [0.1, 0.15) is 33.1 Å². The van der Waals surface area contributed by atoms with Crippen molar-refractivity contribution in [1.82, 2.24) is 19.9 Å². The standard InChI is InChI=1S/C14H22N6O/c1-3-5-15-14-19-12-11(16-8-17-12)13(20-14)18-9-6-10(7-9)21-4-2/h8-10H,3-7H2,1-2H3,(H3,15,16,17,18,19,20). The lowest BCUT2D eigenvalue weighted by Crippen LogP contribution is -2.41. The van der Waals surface area contributed by atoms with E-state index in [1.165, 1.54) is 0 Å². The molecule has 2 aromatic rings. The third-order valence-corrected chi connectivity index (χ3v) is 3.66. The summed E-state index contributed by atoms with van der Waals surface area (Å²) in [6.45, 7) is 5.78. The van der Waals surface area contributed by atoms with E-state index in [0.29, 0.717) is 23.7 Å². The summed E-state index contributed by atoms with van der Waals surface area (Å²) in [7, 11) is 0. The zero-order valence-corrected chi connectivity index (χ0v) is 12.5. The number of anilines is 2. The predicted octanol–water partition coefficient (Wildman–Crippen LogP) is 2.15. The van der Waals surface area contributed by atoms with Crippen molar-refractivity contribution in [3.8, 4) is 0 Å². The highest BCUT2D eigenvalue weighted by molar-refractivity contribution is 5.83. The van der Waals surface area contributed by atoms with Gasteiger partial charge in [0.25, 0.3) is 0 Å². The molecule has 0 aliphatic heterocycles. The molecule has 2 heterocycles. The summed E-state index contributed by atoms with van der Waals surface area (Å²) in [6, 6.07) is 0.405. The molecule has 0 saturated heterocycles. The van der Waals surface area contributed by atoms with Crippen molar-refractivity contribution >= 4 is 22.9 Å². The SMILES string of the molecule is CCCNc1nc(NC2CC(OCC)C2)c2[nH]cnc2n1. The van der Waals surface area contributed by atoms with Crippen LogP contribution in [0.5, 0.6) is 0 Å². The molecule has 0 unspecified atom stereocenters. The van der Waals surface area contributed by atoms with Gasteiger partial charge in [0.15, 0.2) is 11.5 Å². The van der Waals surface area contributed by atoms with Crippen LogP contribution in [0.25, 0.3) is 11.2 Å². The highest BCUT2D eigenvalue weighted by atomic mass is 16.5. The van der Waals surface area contributed by atoms with Crippen LogP contribution in [0.15, 0.2) is 6.33 Å². The van der Waals surface area contributed by atoms with Crippen LogP contribution >= 0.6 is 0 Å². The Kier molecular flexibility index (Phi) is 4.19. The number of nitrogens with one attached hydrogen (secondary N) is 3. The Morgan fingerprint density at radius 2 is 2.19 bits per heavy atom. The van der Waals surface area contributed by atoms with Gasteiger partial charge >= 0.3 is 0 Å². The second-order valence-corrected chi connectivity index (χ2v) is 5.31. The number of aromatic amines is 1. The molecule has 0 bridgehead atoms. The molecule has 7 nitrogen and oxygen atoms in total. The Morgan fingerprint density at radius 3 is 2.95 bits per heavy atom. The second-order valence-electron chi connectivity index (χ2n) is 5.31. The highest BCUT2D eigenvalue weighted by Gasteiger charge is 2.30. The van der Waals surface area contributed by atoms with Crippen molar-refractivity contribution in [3.63, 3.8) is 0 Å². The predicted molar refractivity (Wildman–Crippen MR) is 82.5 cm³/mol. The molecule has 1 saturated carbocycles. The zero-order chi connectivity index (χ0) is 14.7. The van der Waals surface area contributed by atoms with Crippen molar-refractivity contribution < 1.29 is 4.74 Å². The van der Waals surface area contributed by atoms with Gasteiger partial charge in [-0.25, -0.2) is 4.98 Å². The zero-order valence-electron chi connectivity index (χ0n) is 12.5. The van der Waals surface area contributed by atoms with Gasteiger partial charge < -0.3 is 20.4 Å². The fraction of sp³-hybridized carbons (Fsp3) is 0.643. The van der Waals surface area contributed by atoms with Crippen molar-refractivity contribution in [2.75, 3.05) is 23.8 Å². The molecule has 1 aliphatic carbocycles. The van der Waals surface area contributed by atoms with E-state index < -0.39 is 0 Å². The number of aromatic nitrogens is 4. The third-order valence-electron chi connectivity index (χ3n) is 3.66. The molecule has 21 heavy (non-hydrogen) atoms. The molecule has 1 aliphatic rings. The van der Waals surface area contributed by atoms with Crippen molar-refractivity contribution in [2.45, 2.75) is 45.3 Å². The first-order valence-electron chi connectivity index (χ1n) is 7.63. The summed E-state index contributed by atoms with van der Waals surface area (Å²) in [6.07, 6.45) is 5.10. The molecular formula is C14H22N6O. The van der Waals surface area contributed by atoms with Gasteiger partial charge in [-0.2, -0.15) is 9.97 Å². The lowest BCUT2D eigenvalue weighted by Gasteiger charge is -2.35. The number of imidazole rings is 1.